The van der Waals surface area contributed by atoms with Gasteiger partial charge < -0.3 is 24.8 Å². The van der Waals surface area contributed by atoms with Crippen LogP contribution in [0.25, 0.3) is 0 Å². The molecule has 0 unspecified atom stereocenters. The van der Waals surface area contributed by atoms with Crippen molar-refractivity contribution < 1.29 is 39.2 Å². The molecule has 0 radical (unpaired) electrons. The van der Waals surface area contributed by atoms with Crippen molar-refractivity contribution in [1.29, 1.82) is 0 Å². The normalized spacial score (nSPS) is 8.33. The highest BCUT2D eigenvalue weighted by Gasteiger charge is 1.99. The molecule has 8 heteroatoms. The largest absolute Gasteiger partial charge is 0.478 e. The maximum absolute atomic E-state index is 10.5. The maximum Gasteiger partial charge on any atom is 0.333 e. The molecular weight excluding hydrogens is 320 g/mol. The Balaban J connectivity index is -0.000000278. The van der Waals surface area contributed by atoms with Crippen molar-refractivity contribution in [3.05, 3.63) is 37.0 Å². The monoisotopic (exact) mass is 346 g/mol. The van der Waals surface area contributed by atoms with Crippen molar-refractivity contribution in [2.45, 2.75) is 20.3 Å². The van der Waals surface area contributed by atoms with E-state index in [0.29, 0.717) is 12.0 Å². The van der Waals surface area contributed by atoms with Gasteiger partial charge in [-0.25, -0.2) is 14.4 Å². The molecule has 0 aliphatic carbocycles. The molecule has 0 amide bonds. The van der Waals surface area contributed by atoms with E-state index in [1.165, 1.54) is 0 Å². The molecule has 0 spiro atoms. The number of rotatable bonds is 8. The summed E-state index contributed by atoms with van der Waals surface area (Å²) in [5.74, 6) is -1.86. The Kier molecular flexibility index (Phi) is 20.5. The zero-order valence-electron chi connectivity index (χ0n) is 14.1. The highest BCUT2D eigenvalue weighted by molar-refractivity contribution is 5.87. The third-order valence-corrected chi connectivity index (χ3v) is 1.90. The predicted molar refractivity (Wildman–Crippen MR) is 88.2 cm³/mol. The highest BCUT2D eigenvalue weighted by Crippen LogP contribution is 1.93. The van der Waals surface area contributed by atoms with E-state index in [0.717, 1.165) is 6.08 Å². The van der Waals surface area contributed by atoms with Crippen molar-refractivity contribution in [2.75, 3.05) is 26.4 Å². The number of esters is 2. The van der Waals surface area contributed by atoms with E-state index in [9.17, 15) is 14.4 Å². The number of aliphatic hydroxyl groups is 2. The van der Waals surface area contributed by atoms with Gasteiger partial charge in [-0.3, -0.25) is 0 Å². The van der Waals surface area contributed by atoms with Crippen LogP contribution in [-0.2, 0) is 23.9 Å². The molecule has 0 aliphatic rings. The number of ether oxygens (including phenoxy) is 2. The predicted octanol–water partition coefficient (Wildman–Crippen LogP) is 0.843. The quantitative estimate of drug-likeness (QED) is 0.435. The second-order valence-electron chi connectivity index (χ2n) is 4.00. The summed E-state index contributed by atoms with van der Waals surface area (Å²) >= 11 is 0. The molecule has 0 heterocycles. The molecule has 0 aromatic rings. The van der Waals surface area contributed by atoms with Crippen LogP contribution in [0.4, 0.5) is 0 Å². The number of carbonyl (C=O) groups is 3. The third kappa shape index (κ3) is 21.8. The molecule has 0 saturated heterocycles. The number of aliphatic carboxylic acids is 1. The molecule has 0 aromatic heterocycles. The van der Waals surface area contributed by atoms with Gasteiger partial charge in [0.15, 0.2) is 0 Å². The topological polar surface area (TPSA) is 130 Å². The lowest BCUT2D eigenvalue weighted by atomic mass is 10.2. The van der Waals surface area contributed by atoms with Gasteiger partial charge in [-0.05, 0) is 13.3 Å². The molecule has 3 N–H and O–H groups in total. The summed E-state index contributed by atoms with van der Waals surface area (Å²) in [7, 11) is 0. The Labute approximate surface area is 141 Å². The molecule has 24 heavy (non-hydrogen) atoms. The molecule has 0 fully saturated rings. The standard InChI is InChI=1S/C6H10O3.C5H8O3.C5H8O2/c1-5(2)6(8)9-4-3-7;1-2-5(7)8-4-3-6;1-3-4(2)5(6)7/h7H,1,3-4H2,2H3;2,6H,1,3-4H2;2-3H2,1H3,(H,6,7). The highest BCUT2D eigenvalue weighted by atomic mass is 16.5. The summed E-state index contributed by atoms with van der Waals surface area (Å²) in [6, 6.07) is 0. The first-order chi connectivity index (χ1) is 11.2. The van der Waals surface area contributed by atoms with Crippen molar-refractivity contribution in [3.63, 3.8) is 0 Å². The minimum Gasteiger partial charge on any atom is -0.478 e. The lowest BCUT2D eigenvalue weighted by Crippen LogP contribution is -2.08. The summed E-state index contributed by atoms with van der Waals surface area (Å²) in [6.07, 6.45) is 1.57. The van der Waals surface area contributed by atoms with E-state index in [1.54, 1.807) is 13.8 Å². The molecule has 0 bridgehead atoms. The fraction of sp³-hybridized carbons (Fsp3) is 0.438. The van der Waals surface area contributed by atoms with Gasteiger partial charge in [0.1, 0.15) is 13.2 Å². The number of hydrogen-bond acceptors (Lipinski definition) is 7. The van der Waals surface area contributed by atoms with Crippen LogP contribution in [0.5, 0.6) is 0 Å². The first-order valence-corrected chi connectivity index (χ1v) is 6.92. The van der Waals surface area contributed by atoms with Crippen LogP contribution in [0.1, 0.15) is 20.3 Å². The van der Waals surface area contributed by atoms with Crippen molar-refractivity contribution >= 4 is 17.9 Å². The Morgan fingerprint density at radius 2 is 1.50 bits per heavy atom. The third-order valence-electron chi connectivity index (χ3n) is 1.90. The van der Waals surface area contributed by atoms with Gasteiger partial charge in [-0.2, -0.15) is 0 Å². The summed E-state index contributed by atoms with van der Waals surface area (Å²) in [5, 5.41) is 24.4. The van der Waals surface area contributed by atoms with E-state index in [4.69, 9.17) is 15.3 Å². The average Bonchev–Trinajstić information content (AvgIpc) is 2.57. The van der Waals surface area contributed by atoms with Crippen molar-refractivity contribution in [3.8, 4) is 0 Å². The molecule has 0 aliphatic heterocycles. The smallest absolute Gasteiger partial charge is 0.333 e. The van der Waals surface area contributed by atoms with Crippen LogP contribution in [0.15, 0.2) is 37.0 Å². The lowest BCUT2D eigenvalue weighted by molar-refractivity contribution is -0.140. The average molecular weight is 346 g/mol. The SMILES string of the molecule is C=C(C)C(=O)OCCO.C=C(CC)C(=O)O.C=CC(=O)OCCO. The molecular formula is C16H26O8. The number of carboxylic acid groups (broad SMARTS) is 1. The summed E-state index contributed by atoms with van der Waals surface area (Å²) in [5.41, 5.74) is 0.614. The van der Waals surface area contributed by atoms with Gasteiger partial charge in [0.25, 0.3) is 0 Å². The number of carbonyl (C=O) groups excluding carboxylic acids is 2. The van der Waals surface area contributed by atoms with Gasteiger partial charge in [0, 0.05) is 17.2 Å². The summed E-state index contributed by atoms with van der Waals surface area (Å²) in [6.45, 7) is 12.9. The minimum atomic E-state index is -0.900. The zero-order chi connectivity index (χ0) is 19.5. The molecule has 8 nitrogen and oxygen atoms in total. The van der Waals surface area contributed by atoms with Gasteiger partial charge in [-0.1, -0.05) is 26.7 Å². The van der Waals surface area contributed by atoms with Crippen LogP contribution in [-0.4, -0.2) is 59.7 Å². The van der Waals surface area contributed by atoms with Gasteiger partial charge in [0.05, 0.1) is 13.2 Å². The summed E-state index contributed by atoms with van der Waals surface area (Å²) < 4.78 is 8.80. The fourth-order valence-electron chi connectivity index (χ4n) is 0.618. The lowest BCUT2D eigenvalue weighted by Gasteiger charge is -1.99. The van der Waals surface area contributed by atoms with E-state index >= 15 is 0 Å². The summed E-state index contributed by atoms with van der Waals surface area (Å²) in [4.78, 5) is 30.4. The van der Waals surface area contributed by atoms with Crippen LogP contribution in [0, 0.1) is 0 Å². The fourth-order valence-corrected chi connectivity index (χ4v) is 0.618. The Bertz CT molecular complexity index is 426. The van der Waals surface area contributed by atoms with Gasteiger partial charge in [-0.15, -0.1) is 0 Å². The van der Waals surface area contributed by atoms with E-state index in [-0.39, 0.29) is 32.0 Å². The second kappa shape index (κ2) is 18.6. The van der Waals surface area contributed by atoms with E-state index < -0.39 is 17.9 Å². The first-order valence-electron chi connectivity index (χ1n) is 6.92. The number of aliphatic hydroxyl groups excluding tert-OH is 2. The maximum atomic E-state index is 10.5. The van der Waals surface area contributed by atoms with Crippen LogP contribution in [0.3, 0.4) is 0 Å². The first kappa shape index (κ1) is 26.4. The Morgan fingerprint density at radius 1 is 1.04 bits per heavy atom. The van der Waals surface area contributed by atoms with Crippen molar-refractivity contribution in [2.24, 2.45) is 0 Å². The van der Waals surface area contributed by atoms with Gasteiger partial charge in [0.2, 0.25) is 0 Å². The number of carboxylic acids is 1. The van der Waals surface area contributed by atoms with Gasteiger partial charge >= 0.3 is 17.9 Å². The molecule has 0 rings (SSSR count). The molecule has 0 atom stereocenters. The molecule has 0 aromatic carbocycles. The van der Waals surface area contributed by atoms with Crippen LogP contribution < -0.4 is 0 Å². The van der Waals surface area contributed by atoms with Crippen LogP contribution >= 0.6 is 0 Å². The van der Waals surface area contributed by atoms with E-state index in [1.807, 2.05) is 0 Å². The molecule has 0 saturated carbocycles. The molecule has 138 valence electrons. The Morgan fingerprint density at radius 3 is 1.75 bits per heavy atom. The second-order valence-corrected chi connectivity index (χ2v) is 4.00. The Hall–Kier alpha value is -2.45. The van der Waals surface area contributed by atoms with Crippen molar-refractivity contribution in [1.82, 2.24) is 0 Å². The number of hydrogen-bond donors (Lipinski definition) is 3. The van der Waals surface area contributed by atoms with E-state index in [2.05, 4.69) is 29.2 Å². The zero-order valence-corrected chi connectivity index (χ0v) is 14.1. The van der Waals surface area contributed by atoms with Crippen LogP contribution in [0.2, 0.25) is 0 Å². The minimum absolute atomic E-state index is 0.0465.